The summed E-state index contributed by atoms with van der Waals surface area (Å²) in [6.45, 7) is 5.54. The van der Waals surface area contributed by atoms with E-state index in [2.05, 4.69) is 53.8 Å². The van der Waals surface area contributed by atoms with E-state index in [1.54, 1.807) is 0 Å². The maximum atomic E-state index is 4.09. The van der Waals surface area contributed by atoms with Gasteiger partial charge in [0.1, 0.15) is 0 Å². The molecule has 18 heavy (non-hydrogen) atoms. The van der Waals surface area contributed by atoms with Crippen LogP contribution in [0.3, 0.4) is 0 Å². The Bertz CT molecular complexity index is 439. The lowest BCUT2D eigenvalue weighted by atomic mass is 9.93. The molecule has 0 saturated carbocycles. The van der Waals surface area contributed by atoms with Gasteiger partial charge in [0, 0.05) is 29.2 Å². The van der Waals surface area contributed by atoms with Crippen molar-refractivity contribution in [3.05, 3.63) is 52.5 Å². The number of nitrogens with zero attached hydrogens (tertiary/aromatic N) is 1. The van der Waals surface area contributed by atoms with Gasteiger partial charge in [-0.15, -0.1) is 11.3 Å². The van der Waals surface area contributed by atoms with Crippen molar-refractivity contribution in [1.82, 2.24) is 10.3 Å². The fraction of sp³-hybridized carbons (Fsp3) is 0.400. The van der Waals surface area contributed by atoms with Gasteiger partial charge in [0.15, 0.2) is 0 Å². The third-order valence-corrected chi connectivity index (χ3v) is 4.15. The SMILES string of the molecule is CCCNC(c1cccs1)C(C)c1ccncc1. The molecular formula is C15H20N2S. The first kappa shape index (κ1) is 13.2. The lowest BCUT2D eigenvalue weighted by Gasteiger charge is -2.24. The molecule has 2 unspecified atom stereocenters. The van der Waals surface area contributed by atoms with E-state index in [-0.39, 0.29) is 0 Å². The Morgan fingerprint density at radius 3 is 2.67 bits per heavy atom. The van der Waals surface area contributed by atoms with Crippen molar-refractivity contribution in [2.24, 2.45) is 0 Å². The van der Waals surface area contributed by atoms with E-state index in [9.17, 15) is 0 Å². The highest BCUT2D eigenvalue weighted by atomic mass is 32.1. The Morgan fingerprint density at radius 2 is 2.06 bits per heavy atom. The molecule has 2 atom stereocenters. The van der Waals surface area contributed by atoms with Crippen molar-refractivity contribution in [3.8, 4) is 0 Å². The van der Waals surface area contributed by atoms with Crippen LogP contribution in [0.2, 0.25) is 0 Å². The summed E-state index contributed by atoms with van der Waals surface area (Å²) in [5, 5.41) is 5.81. The zero-order valence-corrected chi connectivity index (χ0v) is 11.8. The molecule has 0 aromatic carbocycles. The smallest absolute Gasteiger partial charge is 0.0481 e. The standard InChI is InChI=1S/C15H20N2S/c1-3-8-17-15(14-5-4-11-18-14)12(2)13-6-9-16-10-7-13/h4-7,9-12,15,17H,3,8H2,1-2H3. The average Bonchev–Trinajstić information content (AvgIpc) is 2.94. The van der Waals surface area contributed by atoms with Crippen LogP contribution in [0, 0.1) is 0 Å². The van der Waals surface area contributed by atoms with E-state index in [1.807, 2.05) is 23.7 Å². The number of pyridine rings is 1. The number of rotatable bonds is 6. The van der Waals surface area contributed by atoms with Crippen LogP contribution >= 0.6 is 11.3 Å². The predicted molar refractivity (Wildman–Crippen MR) is 78.0 cm³/mol. The van der Waals surface area contributed by atoms with Crippen molar-refractivity contribution in [1.29, 1.82) is 0 Å². The minimum atomic E-state index is 0.396. The number of hydrogen-bond donors (Lipinski definition) is 1. The van der Waals surface area contributed by atoms with Crippen molar-refractivity contribution in [2.45, 2.75) is 32.2 Å². The van der Waals surface area contributed by atoms with Crippen molar-refractivity contribution in [3.63, 3.8) is 0 Å². The maximum absolute atomic E-state index is 4.09. The van der Waals surface area contributed by atoms with E-state index in [0.29, 0.717) is 12.0 Å². The van der Waals surface area contributed by atoms with Gasteiger partial charge in [-0.2, -0.15) is 0 Å². The van der Waals surface area contributed by atoms with Crippen LogP contribution in [0.15, 0.2) is 42.0 Å². The highest BCUT2D eigenvalue weighted by molar-refractivity contribution is 7.10. The maximum Gasteiger partial charge on any atom is 0.0481 e. The molecule has 0 spiro atoms. The van der Waals surface area contributed by atoms with Crippen LogP contribution in [-0.4, -0.2) is 11.5 Å². The Balaban J connectivity index is 2.18. The topological polar surface area (TPSA) is 24.9 Å². The summed E-state index contributed by atoms with van der Waals surface area (Å²) >= 11 is 1.83. The molecule has 2 aromatic heterocycles. The highest BCUT2D eigenvalue weighted by Crippen LogP contribution is 2.32. The summed E-state index contributed by atoms with van der Waals surface area (Å²) in [6.07, 6.45) is 4.90. The first-order valence-electron chi connectivity index (χ1n) is 6.49. The summed E-state index contributed by atoms with van der Waals surface area (Å²) in [7, 11) is 0. The van der Waals surface area contributed by atoms with E-state index >= 15 is 0 Å². The molecule has 2 heterocycles. The van der Waals surface area contributed by atoms with Gasteiger partial charge in [-0.05, 0) is 42.1 Å². The first-order valence-corrected chi connectivity index (χ1v) is 7.37. The molecule has 96 valence electrons. The van der Waals surface area contributed by atoms with Crippen LogP contribution in [0.1, 0.15) is 42.7 Å². The molecule has 0 aliphatic carbocycles. The van der Waals surface area contributed by atoms with Gasteiger partial charge in [0.2, 0.25) is 0 Å². The van der Waals surface area contributed by atoms with Gasteiger partial charge in [-0.25, -0.2) is 0 Å². The predicted octanol–water partition coefficient (Wildman–Crippen LogP) is 3.99. The zero-order chi connectivity index (χ0) is 12.8. The van der Waals surface area contributed by atoms with Gasteiger partial charge in [-0.1, -0.05) is 19.9 Å². The second kappa shape index (κ2) is 6.66. The molecule has 0 fully saturated rings. The minimum Gasteiger partial charge on any atom is -0.309 e. The number of nitrogens with one attached hydrogen (secondary N) is 1. The molecule has 1 N–H and O–H groups in total. The molecule has 0 saturated heterocycles. The van der Waals surface area contributed by atoms with Crippen LogP contribution in [-0.2, 0) is 0 Å². The lowest BCUT2D eigenvalue weighted by molar-refractivity contribution is 0.472. The van der Waals surface area contributed by atoms with Crippen LogP contribution in [0.25, 0.3) is 0 Å². The monoisotopic (exact) mass is 260 g/mol. The normalized spacial score (nSPS) is 14.3. The van der Waals surface area contributed by atoms with E-state index < -0.39 is 0 Å². The summed E-state index contributed by atoms with van der Waals surface area (Å²) < 4.78 is 0. The zero-order valence-electron chi connectivity index (χ0n) is 11.0. The van der Waals surface area contributed by atoms with Crippen molar-refractivity contribution >= 4 is 11.3 Å². The third-order valence-electron chi connectivity index (χ3n) is 3.20. The molecule has 2 nitrogen and oxygen atoms in total. The molecule has 0 bridgehead atoms. The molecule has 2 aromatic rings. The molecule has 3 heteroatoms. The number of aromatic nitrogens is 1. The number of hydrogen-bond acceptors (Lipinski definition) is 3. The largest absolute Gasteiger partial charge is 0.309 e. The van der Waals surface area contributed by atoms with Gasteiger partial charge in [-0.3, -0.25) is 4.98 Å². The van der Waals surface area contributed by atoms with Crippen LogP contribution in [0.5, 0.6) is 0 Å². The Morgan fingerprint density at radius 1 is 1.28 bits per heavy atom. The molecule has 0 amide bonds. The number of thiophene rings is 1. The van der Waals surface area contributed by atoms with Gasteiger partial charge in [0.25, 0.3) is 0 Å². The van der Waals surface area contributed by atoms with Gasteiger partial charge >= 0.3 is 0 Å². The van der Waals surface area contributed by atoms with Crippen LogP contribution in [0.4, 0.5) is 0 Å². The Hall–Kier alpha value is -1.19. The van der Waals surface area contributed by atoms with Crippen molar-refractivity contribution < 1.29 is 0 Å². The summed E-state index contributed by atoms with van der Waals surface area (Å²) in [6, 6.07) is 8.96. The summed E-state index contributed by atoms with van der Waals surface area (Å²) in [5.74, 6) is 0.457. The quantitative estimate of drug-likeness (QED) is 0.849. The second-order valence-electron chi connectivity index (χ2n) is 4.52. The lowest BCUT2D eigenvalue weighted by Crippen LogP contribution is -2.26. The fourth-order valence-electron chi connectivity index (χ4n) is 2.15. The summed E-state index contributed by atoms with van der Waals surface area (Å²) in [5.41, 5.74) is 1.34. The Kier molecular flexibility index (Phi) is 4.90. The van der Waals surface area contributed by atoms with Crippen LogP contribution < -0.4 is 5.32 Å². The molecule has 0 aliphatic rings. The minimum absolute atomic E-state index is 0.396. The van der Waals surface area contributed by atoms with E-state index in [4.69, 9.17) is 0 Å². The molecular weight excluding hydrogens is 240 g/mol. The van der Waals surface area contributed by atoms with Gasteiger partial charge < -0.3 is 5.32 Å². The van der Waals surface area contributed by atoms with E-state index in [1.165, 1.54) is 10.4 Å². The highest BCUT2D eigenvalue weighted by Gasteiger charge is 2.20. The molecule has 0 aliphatic heterocycles. The molecule has 0 radical (unpaired) electrons. The van der Waals surface area contributed by atoms with Gasteiger partial charge in [0.05, 0.1) is 0 Å². The van der Waals surface area contributed by atoms with Crippen molar-refractivity contribution in [2.75, 3.05) is 6.54 Å². The summed E-state index contributed by atoms with van der Waals surface area (Å²) in [4.78, 5) is 5.50. The Labute approximate surface area is 113 Å². The average molecular weight is 260 g/mol. The first-order chi connectivity index (χ1) is 8.83. The van der Waals surface area contributed by atoms with E-state index in [0.717, 1.165) is 13.0 Å². The second-order valence-corrected chi connectivity index (χ2v) is 5.50. The fourth-order valence-corrected chi connectivity index (χ4v) is 3.06. The third kappa shape index (κ3) is 3.18. The molecule has 2 rings (SSSR count).